The minimum Gasteiger partial charge on any atom is -0.494 e. The number of carbonyl (C=O) groups is 1. The molecule has 0 aromatic heterocycles. The van der Waals surface area contributed by atoms with Crippen LogP contribution in [-0.4, -0.2) is 44.9 Å². The Morgan fingerprint density at radius 2 is 2.10 bits per heavy atom. The molecule has 0 bridgehead atoms. The molecule has 0 aliphatic carbocycles. The van der Waals surface area contributed by atoms with Gasteiger partial charge in [0.05, 0.1) is 11.5 Å². The highest BCUT2D eigenvalue weighted by Gasteiger charge is 2.30. The van der Waals surface area contributed by atoms with Gasteiger partial charge < -0.3 is 15.2 Å². The van der Waals surface area contributed by atoms with Crippen molar-refractivity contribution in [3.05, 3.63) is 24.3 Å². The van der Waals surface area contributed by atoms with Crippen molar-refractivity contribution in [2.75, 3.05) is 19.9 Å². The van der Waals surface area contributed by atoms with Gasteiger partial charge in [-0.2, -0.15) is 0 Å². The standard InChI is InChI=1S/C14H21NO5S/c1-14(15-2,13(16)17)8-5-9-20-11-6-4-7-12(10-11)21(3,18)19/h4,6-7,10,15H,5,8-9H2,1-3H3,(H,16,17). The molecule has 1 unspecified atom stereocenters. The summed E-state index contributed by atoms with van der Waals surface area (Å²) in [5.41, 5.74) is -0.988. The zero-order valence-electron chi connectivity index (χ0n) is 12.4. The van der Waals surface area contributed by atoms with E-state index in [4.69, 9.17) is 9.84 Å². The predicted octanol–water partition coefficient (Wildman–Crippen LogP) is 1.31. The van der Waals surface area contributed by atoms with Crippen LogP contribution in [0.4, 0.5) is 0 Å². The summed E-state index contributed by atoms with van der Waals surface area (Å²) in [5.74, 6) is -0.455. The van der Waals surface area contributed by atoms with Crippen LogP contribution in [0.1, 0.15) is 19.8 Å². The van der Waals surface area contributed by atoms with Crippen LogP contribution in [0, 0.1) is 0 Å². The molecule has 1 aromatic rings. The first-order valence-electron chi connectivity index (χ1n) is 6.54. The lowest BCUT2D eigenvalue weighted by Crippen LogP contribution is -2.47. The van der Waals surface area contributed by atoms with E-state index >= 15 is 0 Å². The van der Waals surface area contributed by atoms with E-state index in [1.54, 1.807) is 26.1 Å². The summed E-state index contributed by atoms with van der Waals surface area (Å²) in [4.78, 5) is 11.3. The van der Waals surface area contributed by atoms with Gasteiger partial charge in [0.1, 0.15) is 11.3 Å². The number of likely N-dealkylation sites (N-methyl/N-ethyl adjacent to an activating group) is 1. The third-order valence-electron chi connectivity index (χ3n) is 3.35. The van der Waals surface area contributed by atoms with Crippen molar-refractivity contribution in [1.82, 2.24) is 5.32 Å². The molecule has 0 aliphatic rings. The van der Waals surface area contributed by atoms with Gasteiger partial charge in [0.2, 0.25) is 0 Å². The summed E-state index contributed by atoms with van der Waals surface area (Å²) in [6.45, 7) is 1.93. The summed E-state index contributed by atoms with van der Waals surface area (Å²) >= 11 is 0. The molecule has 1 atom stereocenters. The van der Waals surface area contributed by atoms with Crippen molar-refractivity contribution in [1.29, 1.82) is 0 Å². The van der Waals surface area contributed by atoms with Gasteiger partial charge in [-0.15, -0.1) is 0 Å². The molecule has 0 saturated heterocycles. The lowest BCUT2D eigenvalue weighted by molar-refractivity contribution is -0.144. The Labute approximate surface area is 125 Å². The molecule has 0 radical (unpaired) electrons. The fraction of sp³-hybridized carbons (Fsp3) is 0.500. The number of ether oxygens (including phenoxy) is 1. The van der Waals surface area contributed by atoms with Crippen molar-refractivity contribution in [2.45, 2.75) is 30.2 Å². The third kappa shape index (κ3) is 5.02. The number of aliphatic carboxylic acids is 1. The SMILES string of the molecule is CNC(C)(CCCOc1cccc(S(C)(=O)=O)c1)C(=O)O. The lowest BCUT2D eigenvalue weighted by Gasteiger charge is -2.23. The Hall–Kier alpha value is -1.60. The molecular formula is C14H21NO5S. The first-order valence-corrected chi connectivity index (χ1v) is 8.43. The number of hydrogen-bond donors (Lipinski definition) is 2. The smallest absolute Gasteiger partial charge is 0.323 e. The summed E-state index contributed by atoms with van der Waals surface area (Å²) < 4.78 is 28.3. The van der Waals surface area contributed by atoms with Crippen LogP contribution in [0.5, 0.6) is 5.75 Å². The summed E-state index contributed by atoms with van der Waals surface area (Å²) in [6, 6.07) is 6.25. The van der Waals surface area contributed by atoms with Crippen LogP contribution in [0.3, 0.4) is 0 Å². The molecule has 118 valence electrons. The van der Waals surface area contributed by atoms with E-state index in [-0.39, 0.29) is 4.90 Å². The molecule has 1 rings (SSSR count). The predicted molar refractivity (Wildman–Crippen MR) is 79.4 cm³/mol. The van der Waals surface area contributed by atoms with Crippen molar-refractivity contribution < 1.29 is 23.1 Å². The van der Waals surface area contributed by atoms with Crippen LogP contribution >= 0.6 is 0 Å². The number of carboxylic acids is 1. The Balaban J connectivity index is 2.56. The highest BCUT2D eigenvalue weighted by atomic mass is 32.2. The van der Waals surface area contributed by atoms with Gasteiger partial charge in [-0.05, 0) is 45.0 Å². The Bertz CT molecular complexity index is 599. The molecule has 0 saturated carbocycles. The molecular weight excluding hydrogens is 294 g/mol. The Kier molecular flexibility index (Phi) is 5.74. The Morgan fingerprint density at radius 3 is 2.62 bits per heavy atom. The van der Waals surface area contributed by atoms with Gasteiger partial charge in [0.25, 0.3) is 0 Å². The number of hydrogen-bond acceptors (Lipinski definition) is 5. The van der Waals surface area contributed by atoms with Crippen molar-refractivity contribution >= 4 is 15.8 Å². The maximum atomic E-state index is 11.4. The second-order valence-electron chi connectivity index (χ2n) is 5.09. The number of benzene rings is 1. The summed E-state index contributed by atoms with van der Waals surface area (Å²) in [5, 5.41) is 11.9. The second kappa shape index (κ2) is 6.91. The monoisotopic (exact) mass is 315 g/mol. The largest absolute Gasteiger partial charge is 0.494 e. The first-order chi connectivity index (χ1) is 9.69. The van der Waals surface area contributed by atoms with Crippen molar-refractivity contribution in [3.8, 4) is 5.75 Å². The molecule has 0 heterocycles. The van der Waals surface area contributed by atoms with Gasteiger partial charge in [-0.1, -0.05) is 6.07 Å². The molecule has 2 N–H and O–H groups in total. The third-order valence-corrected chi connectivity index (χ3v) is 4.46. The van der Waals surface area contributed by atoms with Crippen LogP contribution < -0.4 is 10.1 Å². The van der Waals surface area contributed by atoms with Gasteiger partial charge in [-0.25, -0.2) is 8.42 Å². The molecule has 0 aliphatic heterocycles. The van der Waals surface area contributed by atoms with Crippen LogP contribution in [-0.2, 0) is 14.6 Å². The summed E-state index contributed by atoms with van der Waals surface area (Å²) in [6.07, 6.45) is 2.08. The van der Waals surface area contributed by atoms with E-state index in [1.165, 1.54) is 12.1 Å². The number of nitrogens with one attached hydrogen (secondary N) is 1. The number of rotatable bonds is 8. The zero-order valence-corrected chi connectivity index (χ0v) is 13.2. The van der Waals surface area contributed by atoms with E-state index in [0.717, 1.165) is 6.26 Å². The molecule has 6 nitrogen and oxygen atoms in total. The second-order valence-corrected chi connectivity index (χ2v) is 7.10. The summed E-state index contributed by atoms with van der Waals surface area (Å²) in [7, 11) is -1.66. The number of carboxylic acid groups (broad SMARTS) is 1. The normalized spacial score (nSPS) is 14.4. The quantitative estimate of drug-likeness (QED) is 0.703. The lowest BCUT2D eigenvalue weighted by atomic mass is 9.96. The molecule has 1 aromatic carbocycles. The Morgan fingerprint density at radius 1 is 1.43 bits per heavy atom. The molecule has 7 heteroatoms. The van der Waals surface area contributed by atoms with E-state index in [2.05, 4.69) is 5.32 Å². The highest BCUT2D eigenvalue weighted by molar-refractivity contribution is 7.90. The molecule has 21 heavy (non-hydrogen) atoms. The number of sulfone groups is 1. The minimum absolute atomic E-state index is 0.200. The van der Waals surface area contributed by atoms with Crippen molar-refractivity contribution in [2.24, 2.45) is 0 Å². The fourth-order valence-electron chi connectivity index (χ4n) is 1.75. The van der Waals surface area contributed by atoms with E-state index in [9.17, 15) is 13.2 Å². The van der Waals surface area contributed by atoms with Gasteiger partial charge in [0.15, 0.2) is 9.84 Å². The average Bonchev–Trinajstić information content (AvgIpc) is 2.42. The first kappa shape index (κ1) is 17.5. The van der Waals surface area contributed by atoms with Crippen LogP contribution in [0.2, 0.25) is 0 Å². The van der Waals surface area contributed by atoms with Crippen molar-refractivity contribution in [3.63, 3.8) is 0 Å². The fourth-order valence-corrected chi connectivity index (χ4v) is 2.41. The maximum absolute atomic E-state index is 11.4. The van der Waals surface area contributed by atoms with Gasteiger partial charge in [-0.3, -0.25) is 4.79 Å². The van der Waals surface area contributed by atoms with E-state index in [0.29, 0.717) is 25.2 Å². The zero-order chi connectivity index (χ0) is 16.1. The van der Waals surface area contributed by atoms with Gasteiger partial charge >= 0.3 is 5.97 Å². The molecule has 0 fully saturated rings. The molecule has 0 amide bonds. The van der Waals surface area contributed by atoms with Crippen LogP contribution in [0.25, 0.3) is 0 Å². The van der Waals surface area contributed by atoms with E-state index < -0.39 is 21.3 Å². The maximum Gasteiger partial charge on any atom is 0.323 e. The van der Waals surface area contributed by atoms with Crippen LogP contribution in [0.15, 0.2) is 29.2 Å². The average molecular weight is 315 g/mol. The molecule has 0 spiro atoms. The van der Waals surface area contributed by atoms with E-state index in [1.807, 2.05) is 0 Å². The topological polar surface area (TPSA) is 92.7 Å². The minimum atomic E-state index is -3.26. The highest BCUT2D eigenvalue weighted by Crippen LogP contribution is 2.18. The van der Waals surface area contributed by atoms with Gasteiger partial charge in [0, 0.05) is 6.26 Å².